The number of benzene rings is 1. The summed E-state index contributed by atoms with van der Waals surface area (Å²) >= 11 is 0. The van der Waals surface area contributed by atoms with Crippen LogP contribution in [-0.2, 0) is 12.8 Å². The van der Waals surface area contributed by atoms with Crippen LogP contribution in [0.5, 0.6) is 0 Å². The standard InChI is InChI=1S/C17H25N/c1-2-13-6-5-9-16(10-13)17(18)11-14-7-3-4-8-15(14)12-17/h3-4,7-8,13,16H,2,5-6,9-12,18H2,1H3. The quantitative estimate of drug-likeness (QED) is 0.842. The van der Waals surface area contributed by atoms with Gasteiger partial charge in [0.2, 0.25) is 0 Å². The second-order valence-corrected chi connectivity index (χ2v) is 6.49. The zero-order chi connectivity index (χ0) is 12.6. The summed E-state index contributed by atoms with van der Waals surface area (Å²) in [6.45, 7) is 2.33. The smallest absolute Gasteiger partial charge is 0.0264 e. The summed E-state index contributed by atoms with van der Waals surface area (Å²) in [5.74, 6) is 1.66. The average molecular weight is 243 g/mol. The molecule has 98 valence electrons. The first kappa shape index (κ1) is 12.2. The van der Waals surface area contributed by atoms with Gasteiger partial charge in [-0.2, -0.15) is 0 Å². The van der Waals surface area contributed by atoms with Crippen molar-refractivity contribution >= 4 is 0 Å². The molecule has 2 N–H and O–H groups in total. The van der Waals surface area contributed by atoms with Gasteiger partial charge in [-0.3, -0.25) is 0 Å². The Balaban J connectivity index is 1.77. The summed E-state index contributed by atoms with van der Waals surface area (Å²) in [5, 5.41) is 0. The molecule has 1 saturated carbocycles. The molecule has 1 aromatic carbocycles. The summed E-state index contributed by atoms with van der Waals surface area (Å²) < 4.78 is 0. The normalized spacial score (nSPS) is 30.1. The summed E-state index contributed by atoms with van der Waals surface area (Å²) in [7, 11) is 0. The van der Waals surface area contributed by atoms with Gasteiger partial charge in [0, 0.05) is 5.54 Å². The summed E-state index contributed by atoms with van der Waals surface area (Å²) in [4.78, 5) is 0. The largest absolute Gasteiger partial charge is 0.324 e. The van der Waals surface area contributed by atoms with Crippen molar-refractivity contribution in [2.45, 2.75) is 57.4 Å². The van der Waals surface area contributed by atoms with Gasteiger partial charge in [-0.25, -0.2) is 0 Å². The molecule has 0 heterocycles. The Bertz CT molecular complexity index is 398. The molecule has 18 heavy (non-hydrogen) atoms. The summed E-state index contributed by atoms with van der Waals surface area (Å²) in [6.07, 6.45) is 9.06. The molecule has 0 aliphatic heterocycles. The van der Waals surface area contributed by atoms with E-state index in [-0.39, 0.29) is 5.54 Å². The van der Waals surface area contributed by atoms with E-state index in [2.05, 4.69) is 31.2 Å². The van der Waals surface area contributed by atoms with Crippen LogP contribution in [0.25, 0.3) is 0 Å². The number of rotatable bonds is 2. The van der Waals surface area contributed by atoms with E-state index in [0.29, 0.717) is 0 Å². The molecule has 2 aliphatic rings. The molecule has 2 aliphatic carbocycles. The van der Waals surface area contributed by atoms with E-state index in [4.69, 9.17) is 5.73 Å². The number of hydrogen-bond donors (Lipinski definition) is 1. The SMILES string of the molecule is CCC1CCCC(C2(N)Cc3ccccc3C2)C1. The Morgan fingerprint density at radius 2 is 1.83 bits per heavy atom. The van der Waals surface area contributed by atoms with Crippen molar-refractivity contribution in [3.8, 4) is 0 Å². The van der Waals surface area contributed by atoms with Gasteiger partial charge in [0.25, 0.3) is 0 Å². The number of nitrogens with two attached hydrogens (primary N) is 1. The molecule has 0 amide bonds. The van der Waals surface area contributed by atoms with E-state index < -0.39 is 0 Å². The second-order valence-electron chi connectivity index (χ2n) is 6.49. The molecule has 0 aromatic heterocycles. The van der Waals surface area contributed by atoms with Crippen LogP contribution in [-0.4, -0.2) is 5.54 Å². The van der Waals surface area contributed by atoms with Gasteiger partial charge in [0.15, 0.2) is 0 Å². The Hall–Kier alpha value is -0.820. The van der Waals surface area contributed by atoms with Crippen molar-refractivity contribution in [3.05, 3.63) is 35.4 Å². The molecule has 0 radical (unpaired) electrons. The molecule has 1 nitrogen and oxygen atoms in total. The van der Waals surface area contributed by atoms with E-state index in [1.165, 1.54) is 43.2 Å². The van der Waals surface area contributed by atoms with Crippen LogP contribution in [0.15, 0.2) is 24.3 Å². The maximum Gasteiger partial charge on any atom is 0.0264 e. The van der Waals surface area contributed by atoms with Gasteiger partial charge < -0.3 is 5.73 Å². The fraction of sp³-hybridized carbons (Fsp3) is 0.647. The third-order valence-corrected chi connectivity index (χ3v) is 5.33. The molecule has 0 saturated heterocycles. The summed E-state index contributed by atoms with van der Waals surface area (Å²) in [6, 6.07) is 8.84. The predicted octanol–water partition coefficient (Wildman–Crippen LogP) is 3.70. The highest BCUT2D eigenvalue weighted by Crippen LogP contribution is 2.42. The van der Waals surface area contributed by atoms with Crippen LogP contribution in [0.4, 0.5) is 0 Å². The minimum Gasteiger partial charge on any atom is -0.324 e. The van der Waals surface area contributed by atoms with Gasteiger partial charge in [-0.1, -0.05) is 50.5 Å². The maximum absolute atomic E-state index is 6.80. The van der Waals surface area contributed by atoms with Gasteiger partial charge in [0.1, 0.15) is 0 Å². The first-order valence-corrected chi connectivity index (χ1v) is 7.57. The van der Waals surface area contributed by atoms with Crippen molar-refractivity contribution < 1.29 is 0 Å². The molecular formula is C17H25N. The molecule has 2 unspecified atom stereocenters. The molecule has 3 rings (SSSR count). The van der Waals surface area contributed by atoms with Gasteiger partial charge in [0.05, 0.1) is 0 Å². The van der Waals surface area contributed by atoms with Crippen LogP contribution in [0, 0.1) is 11.8 Å². The lowest BCUT2D eigenvalue weighted by molar-refractivity contribution is 0.167. The topological polar surface area (TPSA) is 26.0 Å². The van der Waals surface area contributed by atoms with Crippen LogP contribution in [0.3, 0.4) is 0 Å². The molecule has 0 spiro atoms. The number of hydrogen-bond acceptors (Lipinski definition) is 1. The highest BCUT2D eigenvalue weighted by molar-refractivity contribution is 5.36. The predicted molar refractivity (Wildman–Crippen MR) is 76.5 cm³/mol. The van der Waals surface area contributed by atoms with Crippen LogP contribution >= 0.6 is 0 Å². The minimum atomic E-state index is 0.0531. The molecule has 1 fully saturated rings. The van der Waals surface area contributed by atoms with Gasteiger partial charge >= 0.3 is 0 Å². The first-order chi connectivity index (χ1) is 8.71. The van der Waals surface area contributed by atoms with E-state index >= 15 is 0 Å². The average Bonchev–Trinajstić information content (AvgIpc) is 2.76. The van der Waals surface area contributed by atoms with E-state index in [1.807, 2.05) is 0 Å². The fourth-order valence-electron chi connectivity index (χ4n) is 4.15. The fourth-order valence-corrected chi connectivity index (χ4v) is 4.15. The van der Waals surface area contributed by atoms with Crippen molar-refractivity contribution in [2.75, 3.05) is 0 Å². The van der Waals surface area contributed by atoms with Gasteiger partial charge in [-0.05, 0) is 48.6 Å². The molecule has 1 heteroatoms. The highest BCUT2D eigenvalue weighted by Gasteiger charge is 2.41. The minimum absolute atomic E-state index is 0.0531. The maximum atomic E-state index is 6.80. The lowest BCUT2D eigenvalue weighted by atomic mass is 9.69. The van der Waals surface area contributed by atoms with Crippen molar-refractivity contribution in [3.63, 3.8) is 0 Å². The van der Waals surface area contributed by atoms with Crippen molar-refractivity contribution in [1.29, 1.82) is 0 Å². The van der Waals surface area contributed by atoms with Gasteiger partial charge in [-0.15, -0.1) is 0 Å². The Morgan fingerprint density at radius 3 is 2.44 bits per heavy atom. The first-order valence-electron chi connectivity index (χ1n) is 7.57. The summed E-state index contributed by atoms with van der Waals surface area (Å²) in [5.41, 5.74) is 9.85. The third-order valence-electron chi connectivity index (χ3n) is 5.33. The second kappa shape index (κ2) is 4.70. The molecular weight excluding hydrogens is 218 g/mol. The lowest BCUT2D eigenvalue weighted by Gasteiger charge is -2.39. The Morgan fingerprint density at radius 1 is 1.17 bits per heavy atom. The Kier molecular flexibility index (Phi) is 3.19. The van der Waals surface area contributed by atoms with Crippen molar-refractivity contribution in [2.24, 2.45) is 17.6 Å². The molecule has 1 aromatic rings. The zero-order valence-electron chi connectivity index (χ0n) is 11.5. The van der Waals surface area contributed by atoms with Crippen LogP contribution in [0.2, 0.25) is 0 Å². The van der Waals surface area contributed by atoms with Crippen LogP contribution in [0.1, 0.15) is 50.2 Å². The monoisotopic (exact) mass is 243 g/mol. The van der Waals surface area contributed by atoms with Crippen molar-refractivity contribution in [1.82, 2.24) is 0 Å². The zero-order valence-corrected chi connectivity index (χ0v) is 11.5. The van der Waals surface area contributed by atoms with Crippen LogP contribution < -0.4 is 5.73 Å². The molecule has 0 bridgehead atoms. The van der Waals surface area contributed by atoms with E-state index in [9.17, 15) is 0 Å². The molecule has 2 atom stereocenters. The van der Waals surface area contributed by atoms with E-state index in [0.717, 1.165) is 24.7 Å². The highest BCUT2D eigenvalue weighted by atomic mass is 14.8. The Labute approximate surface area is 111 Å². The number of fused-ring (bicyclic) bond motifs is 1. The van der Waals surface area contributed by atoms with E-state index in [1.54, 1.807) is 0 Å². The lowest BCUT2D eigenvalue weighted by Crippen LogP contribution is -2.49. The third kappa shape index (κ3) is 2.09.